The summed E-state index contributed by atoms with van der Waals surface area (Å²) in [5, 5.41) is 9.29. The molecule has 1 heterocycles. The molecular formula is C14H19NO5S. The van der Waals surface area contributed by atoms with Crippen molar-refractivity contribution in [3.63, 3.8) is 0 Å². The van der Waals surface area contributed by atoms with Gasteiger partial charge < -0.3 is 14.7 Å². The predicted molar refractivity (Wildman–Crippen MR) is 77.2 cm³/mol. The van der Waals surface area contributed by atoms with Gasteiger partial charge in [0.2, 0.25) is 0 Å². The molecule has 0 atom stereocenters. The number of carbonyl (C=O) groups excluding carboxylic acids is 1. The lowest BCUT2D eigenvalue weighted by Gasteiger charge is -2.36. The van der Waals surface area contributed by atoms with E-state index in [1.165, 1.54) is 23.1 Å². The van der Waals surface area contributed by atoms with Crippen LogP contribution in [-0.2, 0) is 9.84 Å². The Morgan fingerprint density at radius 3 is 2.48 bits per heavy atom. The largest absolute Gasteiger partial charge is 0.490 e. The van der Waals surface area contributed by atoms with E-state index in [2.05, 4.69) is 0 Å². The highest BCUT2D eigenvalue weighted by Gasteiger charge is 2.31. The van der Waals surface area contributed by atoms with Crippen LogP contribution in [0.4, 0.5) is 0 Å². The van der Waals surface area contributed by atoms with Crippen LogP contribution in [-0.4, -0.2) is 55.9 Å². The number of rotatable bonds is 4. The van der Waals surface area contributed by atoms with E-state index in [0.717, 1.165) is 6.26 Å². The van der Waals surface area contributed by atoms with Crippen LogP contribution in [0, 0.1) is 0 Å². The number of ether oxygens (including phenoxy) is 1. The monoisotopic (exact) mass is 313 g/mol. The third kappa shape index (κ3) is 3.54. The predicted octanol–water partition coefficient (Wildman–Crippen LogP) is 0.694. The molecule has 0 radical (unpaired) electrons. The molecule has 1 saturated heterocycles. The number of sulfone groups is 1. The van der Waals surface area contributed by atoms with Gasteiger partial charge in [-0.3, -0.25) is 4.79 Å². The standard InChI is InChI=1S/C14H19NO5S/c1-9(2)20-13-5-4-11(21(3,18)19)6-12(13)14(17)15-7-10(16)8-15/h4-6,9-10,16H,7-8H2,1-3H3. The quantitative estimate of drug-likeness (QED) is 0.884. The van der Waals surface area contributed by atoms with Gasteiger partial charge in [0, 0.05) is 19.3 Å². The van der Waals surface area contributed by atoms with Gasteiger partial charge in [-0.15, -0.1) is 0 Å². The van der Waals surface area contributed by atoms with Crippen LogP contribution >= 0.6 is 0 Å². The fourth-order valence-electron chi connectivity index (χ4n) is 2.06. The van der Waals surface area contributed by atoms with Crippen molar-refractivity contribution in [1.82, 2.24) is 4.90 Å². The fraction of sp³-hybridized carbons (Fsp3) is 0.500. The molecule has 0 aliphatic carbocycles. The second-order valence-corrected chi connectivity index (χ2v) is 7.48. The van der Waals surface area contributed by atoms with Crippen molar-refractivity contribution in [2.75, 3.05) is 19.3 Å². The van der Waals surface area contributed by atoms with Gasteiger partial charge in [-0.1, -0.05) is 0 Å². The molecule has 6 nitrogen and oxygen atoms in total. The molecule has 1 aliphatic rings. The lowest BCUT2D eigenvalue weighted by atomic mass is 10.1. The Morgan fingerprint density at radius 1 is 1.38 bits per heavy atom. The molecule has 1 N–H and O–H groups in total. The van der Waals surface area contributed by atoms with Crippen LogP contribution < -0.4 is 4.74 Å². The average Bonchev–Trinajstić information content (AvgIpc) is 2.32. The van der Waals surface area contributed by atoms with Gasteiger partial charge in [0.05, 0.1) is 22.7 Å². The highest BCUT2D eigenvalue weighted by atomic mass is 32.2. The Balaban J connectivity index is 2.40. The van der Waals surface area contributed by atoms with Crippen molar-refractivity contribution in [3.8, 4) is 5.75 Å². The Bertz CT molecular complexity index is 647. The molecule has 1 amide bonds. The second-order valence-electron chi connectivity index (χ2n) is 5.46. The van der Waals surface area contributed by atoms with Crippen molar-refractivity contribution in [3.05, 3.63) is 23.8 Å². The molecule has 2 rings (SSSR count). The summed E-state index contributed by atoms with van der Waals surface area (Å²) in [6.07, 6.45) is 0.441. The van der Waals surface area contributed by atoms with E-state index in [1.807, 2.05) is 13.8 Å². The third-order valence-electron chi connectivity index (χ3n) is 3.12. The summed E-state index contributed by atoms with van der Waals surface area (Å²) in [5.74, 6) is 0.0187. The van der Waals surface area contributed by atoms with Gasteiger partial charge in [0.25, 0.3) is 5.91 Å². The van der Waals surface area contributed by atoms with Crippen molar-refractivity contribution < 1.29 is 23.1 Å². The van der Waals surface area contributed by atoms with E-state index >= 15 is 0 Å². The van der Waals surface area contributed by atoms with Crippen LogP contribution in [0.1, 0.15) is 24.2 Å². The third-order valence-corrected chi connectivity index (χ3v) is 4.23. The van der Waals surface area contributed by atoms with Gasteiger partial charge in [0.15, 0.2) is 9.84 Å². The molecule has 0 bridgehead atoms. The number of nitrogens with zero attached hydrogens (tertiary/aromatic N) is 1. The van der Waals surface area contributed by atoms with Gasteiger partial charge in [-0.05, 0) is 32.0 Å². The number of carbonyl (C=O) groups is 1. The van der Waals surface area contributed by atoms with Crippen LogP contribution in [0.15, 0.2) is 23.1 Å². The summed E-state index contributed by atoms with van der Waals surface area (Å²) in [6, 6.07) is 4.26. The summed E-state index contributed by atoms with van der Waals surface area (Å²) < 4.78 is 28.9. The number of hydrogen-bond donors (Lipinski definition) is 1. The number of likely N-dealkylation sites (tertiary alicyclic amines) is 1. The SMILES string of the molecule is CC(C)Oc1ccc(S(C)(=O)=O)cc1C(=O)N1CC(O)C1. The molecule has 0 saturated carbocycles. The molecule has 0 unspecified atom stereocenters. The highest BCUT2D eigenvalue weighted by Crippen LogP contribution is 2.26. The van der Waals surface area contributed by atoms with Crippen LogP contribution in [0.3, 0.4) is 0 Å². The molecule has 0 aromatic heterocycles. The first-order chi connectivity index (χ1) is 9.68. The molecule has 7 heteroatoms. The minimum atomic E-state index is -3.40. The Hall–Kier alpha value is -1.60. The molecule has 1 aromatic carbocycles. The summed E-state index contributed by atoms with van der Waals surface area (Å²) in [4.78, 5) is 13.9. The van der Waals surface area contributed by atoms with Crippen LogP contribution in [0.2, 0.25) is 0 Å². The summed E-state index contributed by atoms with van der Waals surface area (Å²) in [6.45, 7) is 4.16. The van der Waals surface area contributed by atoms with Crippen molar-refractivity contribution in [2.24, 2.45) is 0 Å². The van der Waals surface area contributed by atoms with Crippen LogP contribution in [0.5, 0.6) is 5.75 Å². The molecule has 1 aliphatic heterocycles. The lowest BCUT2D eigenvalue weighted by Crippen LogP contribution is -2.53. The maximum absolute atomic E-state index is 12.4. The normalized spacial score (nSPS) is 16.0. The van der Waals surface area contributed by atoms with Gasteiger partial charge >= 0.3 is 0 Å². The molecule has 1 aromatic rings. The molecular weight excluding hydrogens is 294 g/mol. The van der Waals surface area contributed by atoms with Gasteiger partial charge in [0.1, 0.15) is 5.75 Å². The van der Waals surface area contributed by atoms with E-state index in [0.29, 0.717) is 5.75 Å². The van der Waals surface area contributed by atoms with E-state index in [4.69, 9.17) is 4.74 Å². The zero-order valence-corrected chi connectivity index (χ0v) is 13.1. The van der Waals surface area contributed by atoms with Crippen molar-refractivity contribution in [2.45, 2.75) is 31.0 Å². The maximum atomic E-state index is 12.4. The summed E-state index contributed by atoms with van der Waals surface area (Å²) in [5.41, 5.74) is 0.207. The molecule has 21 heavy (non-hydrogen) atoms. The zero-order valence-electron chi connectivity index (χ0n) is 12.2. The number of aliphatic hydroxyl groups is 1. The minimum absolute atomic E-state index is 0.0722. The lowest BCUT2D eigenvalue weighted by molar-refractivity contribution is 0.00556. The van der Waals surface area contributed by atoms with Gasteiger partial charge in [-0.2, -0.15) is 0 Å². The smallest absolute Gasteiger partial charge is 0.257 e. The summed E-state index contributed by atoms with van der Waals surface area (Å²) >= 11 is 0. The van der Waals surface area contributed by atoms with E-state index < -0.39 is 15.9 Å². The first kappa shape index (κ1) is 15.8. The Labute approximate surface area is 124 Å². The second kappa shape index (κ2) is 5.65. The average molecular weight is 313 g/mol. The Morgan fingerprint density at radius 2 is 2.00 bits per heavy atom. The fourth-order valence-corrected chi connectivity index (χ4v) is 2.70. The summed E-state index contributed by atoms with van der Waals surface area (Å²) in [7, 11) is -3.40. The van der Waals surface area contributed by atoms with E-state index in [1.54, 1.807) is 0 Å². The highest BCUT2D eigenvalue weighted by molar-refractivity contribution is 7.90. The van der Waals surface area contributed by atoms with E-state index in [-0.39, 0.29) is 35.6 Å². The number of hydrogen-bond acceptors (Lipinski definition) is 5. The van der Waals surface area contributed by atoms with Gasteiger partial charge in [-0.25, -0.2) is 8.42 Å². The number of aliphatic hydroxyl groups excluding tert-OH is 1. The topological polar surface area (TPSA) is 83.9 Å². The molecule has 1 fully saturated rings. The maximum Gasteiger partial charge on any atom is 0.257 e. The number of benzene rings is 1. The van der Waals surface area contributed by atoms with Crippen molar-refractivity contribution in [1.29, 1.82) is 0 Å². The van der Waals surface area contributed by atoms with Crippen LogP contribution in [0.25, 0.3) is 0 Å². The Kier molecular flexibility index (Phi) is 4.25. The number of amides is 1. The first-order valence-corrected chi connectivity index (χ1v) is 8.55. The zero-order chi connectivity index (χ0) is 15.8. The molecule has 116 valence electrons. The molecule has 0 spiro atoms. The van der Waals surface area contributed by atoms with E-state index in [9.17, 15) is 18.3 Å². The minimum Gasteiger partial charge on any atom is -0.490 e. The first-order valence-electron chi connectivity index (χ1n) is 6.66. The number of β-amino-alcohol motifs (C(OH)–C–C–N with tert-alkyl or cyclic N) is 1. The van der Waals surface area contributed by atoms with Crippen molar-refractivity contribution >= 4 is 15.7 Å².